The zero-order chi connectivity index (χ0) is 107. The van der Waals surface area contributed by atoms with E-state index in [1.807, 2.05) is 200 Å². The number of carboxylic acids is 1. The summed E-state index contributed by atoms with van der Waals surface area (Å²) in [6.45, 7) is 34.5. The van der Waals surface area contributed by atoms with E-state index in [1.165, 1.54) is 41.5 Å². The first-order valence-corrected chi connectivity index (χ1v) is 65.0. The van der Waals surface area contributed by atoms with E-state index in [1.54, 1.807) is 0 Å². The Balaban J connectivity index is 0.000000194. The van der Waals surface area contributed by atoms with E-state index < -0.39 is 46.3 Å². The molecule has 0 bridgehead atoms. The van der Waals surface area contributed by atoms with E-state index in [0.29, 0.717) is 71.3 Å². The molecular weight excluding hydrogens is 1920 g/mol. The molecule has 150 heavy (non-hydrogen) atoms. The van der Waals surface area contributed by atoms with Crippen molar-refractivity contribution in [3.8, 4) is 0 Å². The summed E-state index contributed by atoms with van der Waals surface area (Å²) in [5.74, 6) is 1.27. The second-order valence-electron chi connectivity index (χ2n) is 41.3. The fourth-order valence-electron chi connectivity index (χ4n) is 21.6. The molecule has 0 aliphatic rings. The van der Waals surface area contributed by atoms with Crippen molar-refractivity contribution in [1.82, 2.24) is 21.3 Å². The van der Waals surface area contributed by atoms with E-state index in [9.17, 15) is 34.6 Å². The van der Waals surface area contributed by atoms with Gasteiger partial charge in [-0.05, 0) is 159 Å². The second-order valence-corrected chi connectivity index (χ2v) is 62.8. The third-order valence-electron chi connectivity index (χ3n) is 28.7. The lowest BCUT2D eigenvalue weighted by atomic mass is 10.1. The number of amides is 4. The van der Waals surface area contributed by atoms with E-state index in [0.717, 1.165) is 85.4 Å². The summed E-state index contributed by atoms with van der Waals surface area (Å²) >= 11 is 0. The monoisotopic (exact) mass is 2080 g/mol. The standard InChI is InChI=1S/C34H38N2O2Si.C28H33NOSi.C27H31NO3Si.C21H27N3Si.C21H29NSi/c1-27(2)25-33(36-34(38)29-17-9-4-10-18-29)39(30-19-11-5-12-20-30,31-21-13-6-14-22-31)24-23-32(37)35-26-28-15-7-3-8-16-28;1-4-5-21-31(25-17-11-7-12-18-25,26-19-13-8-14-20-26)27(22-23(2)3)29-28(30)24-15-9-6-10-16-24;1-21(2)20-25(28-27(31)22-12-6-3-7-13-22)32(19-18-26(29)30,23-14-8-4-9-15-23)24-16-10-5-11-17-24;1-4-5-16-25(19-12-8-6-9-13-19,20-14-10-7-11-15-20)21(23-24-22)17-18(2)3;1-4-5-16-23(21(22)17-18(2)3,19-12-8-6-9-13-19)20-14-10-7-11-15-20/h3-22,27,33H,23-26H2,1-2H3,(H,35,37)(H,36,38);4,6-20,23,27H,1,5,21-22H2,2-3H3,(H,29,30);3-17,21,25H,18-20H2,1-2H3,(H,28,31)(H,29,30);4,6-15,18,21H,1,5,16-17H2,2-3H3;4,6-15,18,21H,1,5,16-17,22H2,2-3H3. The van der Waals surface area contributed by atoms with Crippen LogP contribution in [0, 0.1) is 29.6 Å². The molecule has 0 aliphatic heterocycles. The van der Waals surface area contributed by atoms with Crippen LogP contribution in [-0.2, 0) is 16.1 Å². The van der Waals surface area contributed by atoms with Crippen LogP contribution in [0.2, 0.25) is 30.2 Å². The largest absolute Gasteiger partial charge is 0.481 e. The van der Waals surface area contributed by atoms with Gasteiger partial charge in [-0.15, -0.1) is 19.7 Å². The van der Waals surface area contributed by atoms with Gasteiger partial charge < -0.3 is 32.1 Å². The Morgan fingerprint density at radius 1 is 0.300 bits per heavy atom. The summed E-state index contributed by atoms with van der Waals surface area (Å²) in [6.07, 6.45) is 13.8. The van der Waals surface area contributed by atoms with Gasteiger partial charge >= 0.3 is 5.97 Å². The van der Waals surface area contributed by atoms with Gasteiger partial charge in [-0.3, -0.25) is 24.0 Å². The number of allylic oxidation sites excluding steroid dienone is 3. The predicted octanol–water partition coefficient (Wildman–Crippen LogP) is 23.5. The fraction of sp³-hybridized carbons (Fsp3) is 0.275. The molecule has 0 radical (unpaired) electrons. The lowest BCUT2D eigenvalue weighted by molar-refractivity contribution is -0.136. The molecule has 0 aromatic heterocycles. The number of carbonyl (C=O) groups excluding carboxylic acids is 4. The molecule has 5 atom stereocenters. The minimum Gasteiger partial charge on any atom is -0.481 e. The minimum atomic E-state index is -2.71. The van der Waals surface area contributed by atoms with Crippen LogP contribution in [0.1, 0.15) is 170 Å². The fourth-order valence-corrected chi connectivity index (χ4v) is 48.8. The van der Waals surface area contributed by atoms with E-state index in [-0.39, 0.29) is 58.4 Å². The number of nitrogens with two attached hydrogens (primary N) is 1. The molecule has 0 aliphatic carbocycles. The summed E-state index contributed by atoms with van der Waals surface area (Å²) in [5.41, 5.74) is 19.3. The number of aliphatic carboxylic acids is 1. The van der Waals surface area contributed by atoms with Crippen LogP contribution < -0.4 is 78.9 Å². The Morgan fingerprint density at radius 2 is 0.513 bits per heavy atom. The number of benzene rings is 14. The average Bonchev–Trinajstić information content (AvgIpc) is 0.820. The highest BCUT2D eigenvalue weighted by Gasteiger charge is 2.51. The number of carbonyl (C=O) groups is 5. The average molecular weight is 2080 g/mol. The maximum Gasteiger partial charge on any atom is 0.303 e. The zero-order valence-electron chi connectivity index (χ0n) is 89.8. The van der Waals surface area contributed by atoms with E-state index in [2.05, 4.69) is 363 Å². The number of rotatable bonds is 49. The Morgan fingerprint density at radius 3 is 0.753 bits per heavy atom. The van der Waals surface area contributed by atoms with Crippen LogP contribution in [0.25, 0.3) is 10.4 Å². The maximum atomic E-state index is 13.6. The third-order valence-corrected chi connectivity index (χ3v) is 55.3. The smallest absolute Gasteiger partial charge is 0.303 e. The molecule has 7 N–H and O–H groups in total. The van der Waals surface area contributed by atoms with Gasteiger partial charge in [0, 0.05) is 69.3 Å². The highest BCUT2D eigenvalue weighted by Crippen LogP contribution is 2.32. The van der Waals surface area contributed by atoms with Crippen LogP contribution in [0.15, 0.2) is 468 Å². The summed E-state index contributed by atoms with van der Waals surface area (Å²) in [5, 5.41) is 40.5. The summed E-state index contributed by atoms with van der Waals surface area (Å²) in [6, 6.07) is 149. The van der Waals surface area contributed by atoms with Crippen LogP contribution in [-0.4, -0.2) is 103 Å². The van der Waals surface area contributed by atoms with E-state index in [4.69, 9.17) is 5.73 Å². The number of carboxylic acid groups (broad SMARTS) is 1. The number of nitrogens with zero attached hydrogens (tertiary/aromatic N) is 3. The molecule has 19 heteroatoms. The SMILES string of the molecule is C=CCC[Si](c1ccccc1)(c1ccccc1)C(CC(C)C)N=[N+]=[N-].C=CCC[Si](c1ccccc1)(c1ccccc1)C(CC(C)C)NC(=O)c1ccccc1.C=CCC[Si](c1ccccc1)(c1ccccc1)C(N)CC(C)C.CC(C)CC(NC(=O)c1ccccc1)[Si](CCC(=O)NCc1ccccc1)(c1ccccc1)c1ccccc1.CC(C)CC(NC(=O)c1ccccc1)[Si](CCC(=O)O)(c1ccccc1)c1ccccc1. The molecule has 14 aromatic rings. The number of hydrogen-bond acceptors (Lipinski definition) is 7. The number of azide groups is 1. The molecular formula is C131H158N8O6Si5. The Hall–Kier alpha value is -14.0. The molecule has 0 saturated carbocycles. The van der Waals surface area contributed by atoms with Crippen molar-refractivity contribution in [1.29, 1.82) is 0 Å². The Bertz CT molecular complexity index is 6160. The Labute approximate surface area is 899 Å². The van der Waals surface area contributed by atoms with Crippen molar-refractivity contribution in [2.75, 3.05) is 0 Å². The maximum absolute atomic E-state index is 13.6. The number of hydrogen-bond donors (Lipinski definition) is 6. The van der Waals surface area contributed by atoms with Crippen molar-refractivity contribution < 1.29 is 29.1 Å². The van der Waals surface area contributed by atoms with Crippen molar-refractivity contribution in [3.05, 3.63) is 495 Å². The Kier molecular flexibility index (Phi) is 48.6. The van der Waals surface area contributed by atoms with Gasteiger partial charge in [0.25, 0.3) is 17.7 Å². The summed E-state index contributed by atoms with van der Waals surface area (Å²) in [7, 11) is -12.1. The molecule has 0 heterocycles. The van der Waals surface area contributed by atoms with Crippen molar-refractivity contribution in [2.24, 2.45) is 40.4 Å². The van der Waals surface area contributed by atoms with Gasteiger partial charge in [0.2, 0.25) is 5.91 Å². The van der Waals surface area contributed by atoms with Crippen LogP contribution in [0.3, 0.4) is 0 Å². The van der Waals surface area contributed by atoms with Crippen molar-refractivity contribution in [3.63, 3.8) is 0 Å². The van der Waals surface area contributed by atoms with Crippen LogP contribution in [0.4, 0.5) is 0 Å². The first-order valence-electron chi connectivity index (χ1n) is 53.5. The second kappa shape index (κ2) is 61.8. The van der Waals surface area contributed by atoms with Crippen LogP contribution >= 0.6 is 0 Å². The first kappa shape index (κ1) is 118. The zero-order valence-corrected chi connectivity index (χ0v) is 94.8. The van der Waals surface area contributed by atoms with Crippen molar-refractivity contribution in [2.45, 2.75) is 199 Å². The quantitative estimate of drug-likeness (QED) is 0.00710. The molecule has 14 rings (SSSR count). The van der Waals surface area contributed by atoms with Gasteiger partial charge in [0.05, 0.1) is 0 Å². The van der Waals surface area contributed by atoms with E-state index >= 15 is 0 Å². The summed E-state index contributed by atoms with van der Waals surface area (Å²) in [4.78, 5) is 68.4. The topological polar surface area (TPSA) is 228 Å². The predicted molar refractivity (Wildman–Crippen MR) is 644 cm³/mol. The normalized spacial score (nSPS) is 12.4. The number of nitrogens with one attached hydrogen (secondary N) is 4. The molecule has 4 amide bonds. The summed E-state index contributed by atoms with van der Waals surface area (Å²) < 4.78 is 0. The van der Waals surface area contributed by atoms with Gasteiger partial charge in [-0.25, -0.2) is 0 Å². The lowest BCUT2D eigenvalue weighted by Gasteiger charge is -2.41. The molecule has 0 saturated heterocycles. The molecule has 14 nitrogen and oxygen atoms in total. The molecule has 14 aromatic carbocycles. The first-order chi connectivity index (χ1) is 72.7. The minimum absolute atomic E-state index is 0.00795. The van der Waals surface area contributed by atoms with Crippen LogP contribution in [0.5, 0.6) is 0 Å². The molecule has 0 spiro atoms. The van der Waals surface area contributed by atoms with Gasteiger partial charge in [0.1, 0.15) is 40.4 Å². The third kappa shape index (κ3) is 33.3. The highest BCUT2D eigenvalue weighted by molar-refractivity contribution is 7.06. The molecule has 5 unspecified atom stereocenters. The van der Waals surface area contributed by atoms with Gasteiger partial charge in [-0.1, -0.05) is 533 Å². The molecule has 0 fully saturated rings. The van der Waals surface area contributed by atoms with Gasteiger partial charge in [-0.2, -0.15) is 0 Å². The van der Waals surface area contributed by atoms with Crippen molar-refractivity contribution >= 4 is 122 Å². The molecule has 778 valence electrons. The lowest BCUT2D eigenvalue weighted by Crippen LogP contribution is -2.71. The van der Waals surface area contributed by atoms with Gasteiger partial charge in [0.15, 0.2) is 0 Å². The highest BCUT2D eigenvalue weighted by atomic mass is 28.3.